The van der Waals surface area contributed by atoms with Gasteiger partial charge in [-0.05, 0) is 76.1 Å². The summed E-state index contributed by atoms with van der Waals surface area (Å²) in [4.78, 5) is 40.7. The minimum absolute atomic E-state index is 0.0103. The predicted molar refractivity (Wildman–Crippen MR) is 182 cm³/mol. The van der Waals surface area contributed by atoms with Gasteiger partial charge < -0.3 is 29.2 Å². The van der Waals surface area contributed by atoms with Crippen LogP contribution in [0.5, 0.6) is 5.75 Å². The van der Waals surface area contributed by atoms with Crippen LogP contribution in [0.4, 0.5) is 13.6 Å². The highest BCUT2D eigenvalue weighted by molar-refractivity contribution is 6.34. The molecule has 1 aliphatic carbocycles. The number of hydrogen-bond donors (Lipinski definition) is 1. The van der Waals surface area contributed by atoms with Crippen molar-refractivity contribution in [2.24, 2.45) is 0 Å². The quantitative estimate of drug-likeness (QED) is 0.243. The van der Waals surface area contributed by atoms with Gasteiger partial charge in [-0.1, -0.05) is 41.9 Å². The van der Waals surface area contributed by atoms with Crippen LogP contribution in [0.2, 0.25) is 5.02 Å². The number of carbonyl (C=O) groups excluding carboxylic acids is 3. The molecule has 2 aliphatic heterocycles. The van der Waals surface area contributed by atoms with E-state index in [4.69, 9.17) is 30.5 Å². The summed E-state index contributed by atoms with van der Waals surface area (Å²) in [5.41, 5.74) is -0.308. The molecule has 3 aromatic carbocycles. The molecule has 50 heavy (non-hydrogen) atoms. The van der Waals surface area contributed by atoms with Crippen LogP contribution in [0.25, 0.3) is 11.1 Å². The van der Waals surface area contributed by atoms with Gasteiger partial charge in [-0.3, -0.25) is 4.79 Å². The first-order valence-electron chi connectivity index (χ1n) is 16.9. The van der Waals surface area contributed by atoms with Crippen LogP contribution >= 0.6 is 11.6 Å². The van der Waals surface area contributed by atoms with E-state index < -0.39 is 53.0 Å². The minimum Gasteiger partial charge on any atom is -0.480 e. The maximum Gasteiger partial charge on any atom is 0.410 e. The molecule has 2 amide bonds. The van der Waals surface area contributed by atoms with E-state index in [1.54, 1.807) is 32.6 Å². The summed E-state index contributed by atoms with van der Waals surface area (Å²) in [6, 6.07) is 11.5. The Morgan fingerprint density at radius 1 is 1.08 bits per heavy atom. The molecule has 1 N–H and O–H groups in total. The largest absolute Gasteiger partial charge is 0.480 e. The maximum absolute atomic E-state index is 17.0. The fraction of sp³-hybridized carbons (Fsp3) is 0.447. The molecule has 3 atom stereocenters. The predicted octanol–water partition coefficient (Wildman–Crippen LogP) is 7.44. The van der Waals surface area contributed by atoms with Gasteiger partial charge in [-0.25, -0.2) is 18.4 Å². The molecular formula is C38H41ClF2N2O7. The number of halogens is 3. The first kappa shape index (κ1) is 35.6. The molecule has 0 bridgehead atoms. The highest BCUT2D eigenvalue weighted by atomic mass is 35.5. The van der Waals surface area contributed by atoms with Crippen LogP contribution in [0, 0.1) is 11.6 Å². The van der Waals surface area contributed by atoms with Crippen molar-refractivity contribution in [3.05, 3.63) is 86.9 Å². The normalized spacial score (nSPS) is 21.0. The van der Waals surface area contributed by atoms with Crippen LogP contribution in [0.1, 0.15) is 85.7 Å². The zero-order valence-electron chi connectivity index (χ0n) is 28.8. The van der Waals surface area contributed by atoms with Crippen molar-refractivity contribution in [2.75, 3.05) is 26.8 Å². The monoisotopic (exact) mass is 710 g/mol. The molecule has 266 valence electrons. The molecule has 0 saturated carbocycles. The highest BCUT2D eigenvalue weighted by Crippen LogP contribution is 2.54. The number of amides is 2. The van der Waals surface area contributed by atoms with E-state index >= 15 is 8.78 Å². The van der Waals surface area contributed by atoms with Crippen molar-refractivity contribution >= 4 is 29.6 Å². The van der Waals surface area contributed by atoms with Crippen LogP contribution in [0.3, 0.4) is 0 Å². The van der Waals surface area contributed by atoms with Gasteiger partial charge in [-0.15, -0.1) is 0 Å². The van der Waals surface area contributed by atoms with Crippen LogP contribution in [-0.4, -0.2) is 61.3 Å². The lowest BCUT2D eigenvalue weighted by Crippen LogP contribution is -2.53. The van der Waals surface area contributed by atoms with Gasteiger partial charge in [0.15, 0.2) is 5.60 Å². The molecule has 1 fully saturated rings. The maximum atomic E-state index is 17.0. The third-order valence-corrected chi connectivity index (χ3v) is 9.90. The fourth-order valence-electron chi connectivity index (χ4n) is 7.50. The summed E-state index contributed by atoms with van der Waals surface area (Å²) >= 11 is 6.76. The standard InChI is InChI=1S/C38H41ClF2N2O7/c1-6-47-30(44)20-48-27-15-14-22-23(27)17-24(35(45)42-5)32(34(22)41)31-25-19-38(21-11-8-7-9-12-21,49-28(25)18-26(40)33(31)39)29-13-10-16-43(29)36(46)50-37(2,3)4/h7-9,11-12,17-18,27,29H,6,10,13-16,19-20H2,1-5H3,(H,42,45)/t27?,29-,38-/m0/s1. The third kappa shape index (κ3) is 6.41. The number of ether oxygens (including phenoxy) is 4. The summed E-state index contributed by atoms with van der Waals surface area (Å²) in [7, 11) is 1.42. The molecule has 1 unspecified atom stereocenters. The average molecular weight is 711 g/mol. The molecule has 6 rings (SSSR count). The Kier molecular flexibility index (Phi) is 9.85. The van der Waals surface area contributed by atoms with E-state index in [1.165, 1.54) is 19.2 Å². The summed E-state index contributed by atoms with van der Waals surface area (Å²) in [5.74, 6) is -2.61. The molecule has 3 aromatic rings. The summed E-state index contributed by atoms with van der Waals surface area (Å²) < 4.78 is 56.2. The Labute approximate surface area is 295 Å². The average Bonchev–Trinajstić information content (AvgIpc) is 3.82. The Balaban J connectivity index is 1.50. The first-order chi connectivity index (χ1) is 23.8. The zero-order chi connectivity index (χ0) is 36.0. The molecule has 0 radical (unpaired) electrons. The number of nitrogens with zero attached hydrogens (tertiary/aromatic N) is 1. The van der Waals surface area contributed by atoms with Gasteiger partial charge in [0.2, 0.25) is 0 Å². The van der Waals surface area contributed by atoms with Crippen molar-refractivity contribution in [1.29, 1.82) is 0 Å². The van der Waals surface area contributed by atoms with Gasteiger partial charge in [-0.2, -0.15) is 0 Å². The number of benzene rings is 3. The first-order valence-corrected chi connectivity index (χ1v) is 17.3. The van der Waals surface area contributed by atoms with E-state index in [9.17, 15) is 14.4 Å². The van der Waals surface area contributed by atoms with Gasteiger partial charge in [0, 0.05) is 42.8 Å². The van der Waals surface area contributed by atoms with Gasteiger partial charge in [0.25, 0.3) is 5.91 Å². The lowest BCUT2D eigenvalue weighted by molar-refractivity contribution is -0.150. The summed E-state index contributed by atoms with van der Waals surface area (Å²) in [5, 5.41) is 2.21. The number of rotatable bonds is 8. The van der Waals surface area contributed by atoms with Crippen molar-refractivity contribution in [1.82, 2.24) is 10.2 Å². The Hall–Kier alpha value is -4.22. The van der Waals surface area contributed by atoms with E-state index in [1.807, 2.05) is 30.3 Å². The summed E-state index contributed by atoms with van der Waals surface area (Å²) in [6.07, 6.45) is 0.802. The molecule has 9 nitrogen and oxygen atoms in total. The molecule has 0 spiro atoms. The lowest BCUT2D eigenvalue weighted by atomic mass is 9.79. The van der Waals surface area contributed by atoms with Crippen molar-refractivity contribution < 1.29 is 42.1 Å². The summed E-state index contributed by atoms with van der Waals surface area (Å²) in [6.45, 7) is 7.36. The number of carbonyl (C=O) groups is 3. The lowest BCUT2D eigenvalue weighted by Gasteiger charge is -2.40. The number of fused-ring (bicyclic) bond motifs is 2. The Morgan fingerprint density at radius 2 is 1.82 bits per heavy atom. The Morgan fingerprint density at radius 3 is 2.50 bits per heavy atom. The van der Waals surface area contributed by atoms with Gasteiger partial charge >= 0.3 is 12.1 Å². The second-order valence-electron chi connectivity index (χ2n) is 13.8. The second kappa shape index (κ2) is 13.8. The topological polar surface area (TPSA) is 103 Å². The van der Waals surface area contributed by atoms with Crippen molar-refractivity contribution in [3.63, 3.8) is 0 Å². The zero-order valence-corrected chi connectivity index (χ0v) is 29.5. The minimum atomic E-state index is -1.21. The van der Waals surface area contributed by atoms with Gasteiger partial charge in [0.05, 0.1) is 29.3 Å². The van der Waals surface area contributed by atoms with Gasteiger partial charge in [0.1, 0.15) is 29.6 Å². The fourth-order valence-corrected chi connectivity index (χ4v) is 7.76. The van der Waals surface area contributed by atoms with Crippen molar-refractivity contribution in [2.45, 2.75) is 83.1 Å². The smallest absolute Gasteiger partial charge is 0.410 e. The van der Waals surface area contributed by atoms with E-state index in [0.717, 1.165) is 5.56 Å². The molecule has 0 aromatic heterocycles. The number of esters is 1. The number of nitrogens with one attached hydrogen (secondary N) is 1. The molecular weight excluding hydrogens is 670 g/mol. The third-order valence-electron chi connectivity index (χ3n) is 9.53. The highest BCUT2D eigenvalue weighted by Gasteiger charge is 2.54. The number of likely N-dealkylation sites (tertiary alicyclic amines) is 1. The SMILES string of the molecule is CCOC(=O)COC1CCc2c1cc(C(=O)NC)c(-c1c(Cl)c(F)cc3c1C[C@](c1ccccc1)([C@@H]1CCCN1C(=O)OC(C)(C)C)O3)c2F. The van der Waals surface area contributed by atoms with E-state index in [0.29, 0.717) is 36.9 Å². The van der Waals surface area contributed by atoms with E-state index in [-0.39, 0.29) is 59.1 Å². The molecule has 1 saturated heterocycles. The number of hydrogen-bond acceptors (Lipinski definition) is 7. The molecule has 3 aliphatic rings. The van der Waals surface area contributed by atoms with Crippen LogP contribution in [-0.2, 0) is 37.4 Å². The van der Waals surface area contributed by atoms with Crippen LogP contribution in [0.15, 0.2) is 42.5 Å². The molecule has 2 heterocycles. The molecule has 12 heteroatoms. The Bertz CT molecular complexity index is 1830. The van der Waals surface area contributed by atoms with Crippen LogP contribution < -0.4 is 10.1 Å². The second-order valence-corrected chi connectivity index (χ2v) is 14.2. The van der Waals surface area contributed by atoms with Crippen molar-refractivity contribution in [3.8, 4) is 16.9 Å². The van der Waals surface area contributed by atoms with E-state index in [2.05, 4.69) is 5.32 Å².